The van der Waals surface area contributed by atoms with Crippen molar-refractivity contribution in [2.45, 2.75) is 25.4 Å². The molecule has 54 valence electrons. The van der Waals surface area contributed by atoms with Gasteiger partial charge in [-0.2, -0.15) is 4.37 Å². The summed E-state index contributed by atoms with van der Waals surface area (Å²) in [7, 11) is 0. The minimum absolute atomic E-state index is 0.155. The van der Waals surface area contributed by atoms with E-state index in [2.05, 4.69) is 4.37 Å². The molecule has 1 aliphatic carbocycles. The van der Waals surface area contributed by atoms with E-state index in [1.165, 1.54) is 24.4 Å². The van der Waals surface area contributed by atoms with Gasteiger partial charge in [0.15, 0.2) is 0 Å². The average Bonchev–Trinajstić information content (AvgIpc) is 2.69. The highest BCUT2D eigenvalue weighted by Crippen LogP contribution is 2.41. The summed E-state index contributed by atoms with van der Waals surface area (Å²) in [4.78, 5) is 0. The normalized spacial score (nSPS) is 17.7. The predicted octanol–water partition coefficient (Wildman–Crippen LogP) is 1.51. The Morgan fingerprint density at radius 3 is 3.10 bits per heavy atom. The van der Waals surface area contributed by atoms with Crippen LogP contribution >= 0.6 is 11.5 Å². The van der Waals surface area contributed by atoms with Crippen LogP contribution in [0, 0.1) is 0 Å². The molecule has 3 heteroatoms. The first-order valence-corrected chi connectivity index (χ1v) is 4.29. The molecule has 0 radical (unpaired) electrons. The second-order valence-corrected chi connectivity index (χ2v) is 3.29. The van der Waals surface area contributed by atoms with E-state index in [1.807, 2.05) is 5.38 Å². The molecule has 0 unspecified atom stereocenters. The lowest BCUT2D eigenvalue weighted by Gasteiger charge is -1.92. The molecule has 0 aromatic carbocycles. The maximum absolute atomic E-state index is 8.85. The van der Waals surface area contributed by atoms with Crippen LogP contribution in [-0.2, 0) is 6.61 Å². The Balaban J connectivity index is 2.28. The van der Waals surface area contributed by atoms with Crippen molar-refractivity contribution in [3.05, 3.63) is 16.6 Å². The van der Waals surface area contributed by atoms with E-state index in [-0.39, 0.29) is 6.61 Å². The second kappa shape index (κ2) is 2.32. The molecule has 1 heterocycles. The maximum atomic E-state index is 8.85. The van der Waals surface area contributed by atoms with Gasteiger partial charge >= 0.3 is 0 Å². The van der Waals surface area contributed by atoms with Gasteiger partial charge in [0.05, 0.1) is 12.3 Å². The lowest BCUT2D eigenvalue weighted by Crippen LogP contribution is -1.87. The predicted molar refractivity (Wildman–Crippen MR) is 40.0 cm³/mol. The van der Waals surface area contributed by atoms with Crippen LogP contribution < -0.4 is 0 Å². The molecule has 1 N–H and O–H groups in total. The zero-order chi connectivity index (χ0) is 6.97. The van der Waals surface area contributed by atoms with Crippen LogP contribution in [0.25, 0.3) is 0 Å². The fourth-order valence-corrected chi connectivity index (χ4v) is 1.83. The molecule has 1 aliphatic rings. The third-order valence-corrected chi connectivity index (χ3v) is 2.50. The zero-order valence-corrected chi connectivity index (χ0v) is 6.40. The molecule has 0 spiro atoms. The second-order valence-electron chi connectivity index (χ2n) is 2.66. The molecule has 1 fully saturated rings. The summed E-state index contributed by atoms with van der Waals surface area (Å²) in [5.74, 6) is 0.674. The summed E-state index contributed by atoms with van der Waals surface area (Å²) in [6.45, 7) is 0.155. The number of nitrogens with zero attached hydrogens (tertiary/aromatic N) is 1. The Hall–Kier alpha value is -0.410. The largest absolute Gasteiger partial charge is 0.392 e. The zero-order valence-electron chi connectivity index (χ0n) is 5.58. The van der Waals surface area contributed by atoms with Gasteiger partial charge in [0, 0.05) is 16.9 Å². The van der Waals surface area contributed by atoms with Crippen molar-refractivity contribution in [2.24, 2.45) is 0 Å². The van der Waals surface area contributed by atoms with E-state index >= 15 is 0 Å². The third-order valence-electron chi connectivity index (χ3n) is 1.81. The minimum Gasteiger partial charge on any atom is -0.392 e. The fraction of sp³-hybridized carbons (Fsp3) is 0.571. The van der Waals surface area contributed by atoms with Crippen molar-refractivity contribution in [1.29, 1.82) is 0 Å². The highest BCUT2D eigenvalue weighted by Gasteiger charge is 2.27. The number of aliphatic hydroxyl groups excluding tert-OH is 1. The molecule has 1 aromatic rings. The van der Waals surface area contributed by atoms with Gasteiger partial charge in [0.1, 0.15) is 0 Å². The maximum Gasteiger partial charge on any atom is 0.0708 e. The molecule has 1 saturated carbocycles. The van der Waals surface area contributed by atoms with Crippen LogP contribution in [0.4, 0.5) is 0 Å². The van der Waals surface area contributed by atoms with Gasteiger partial charge in [-0.3, -0.25) is 0 Å². The number of hydrogen-bond acceptors (Lipinski definition) is 3. The third kappa shape index (κ3) is 0.954. The van der Waals surface area contributed by atoms with Gasteiger partial charge in [-0.15, -0.1) is 0 Å². The highest BCUT2D eigenvalue weighted by molar-refractivity contribution is 7.03. The monoisotopic (exact) mass is 155 g/mol. The fourth-order valence-electron chi connectivity index (χ4n) is 1.08. The van der Waals surface area contributed by atoms with Crippen LogP contribution in [0.5, 0.6) is 0 Å². The van der Waals surface area contributed by atoms with Crippen molar-refractivity contribution in [3.63, 3.8) is 0 Å². The molecule has 10 heavy (non-hydrogen) atoms. The summed E-state index contributed by atoms with van der Waals surface area (Å²) in [6.07, 6.45) is 2.52. The molecule has 1 aromatic heterocycles. The molecule has 0 amide bonds. The molecular formula is C7H9NOS. The van der Waals surface area contributed by atoms with Crippen molar-refractivity contribution in [1.82, 2.24) is 4.37 Å². The van der Waals surface area contributed by atoms with Gasteiger partial charge < -0.3 is 5.11 Å². The summed E-state index contributed by atoms with van der Waals surface area (Å²) >= 11 is 1.45. The minimum atomic E-state index is 0.155. The van der Waals surface area contributed by atoms with Crippen molar-refractivity contribution >= 4 is 11.5 Å². The SMILES string of the molecule is OCc1csnc1C1CC1. The van der Waals surface area contributed by atoms with Crippen molar-refractivity contribution in [3.8, 4) is 0 Å². The molecule has 0 bridgehead atoms. The summed E-state index contributed by atoms with van der Waals surface area (Å²) in [5, 5.41) is 10.8. The molecule has 0 saturated heterocycles. The Labute approximate surface area is 63.7 Å². The molecule has 0 atom stereocenters. The van der Waals surface area contributed by atoms with Crippen LogP contribution in [0.2, 0.25) is 0 Å². The number of aliphatic hydroxyl groups is 1. The van der Waals surface area contributed by atoms with Gasteiger partial charge in [-0.05, 0) is 24.4 Å². The first kappa shape index (κ1) is 6.31. The Kier molecular flexibility index (Phi) is 1.47. The van der Waals surface area contributed by atoms with Gasteiger partial charge in [-0.1, -0.05) is 0 Å². The van der Waals surface area contributed by atoms with Gasteiger partial charge in [-0.25, -0.2) is 0 Å². The van der Waals surface area contributed by atoms with Crippen molar-refractivity contribution in [2.75, 3.05) is 0 Å². The highest BCUT2D eigenvalue weighted by atomic mass is 32.1. The standard InChI is InChI=1S/C7H9NOS/c9-3-6-4-10-8-7(6)5-1-2-5/h4-5,9H,1-3H2. The summed E-state index contributed by atoms with van der Waals surface area (Å²) < 4.78 is 4.23. The van der Waals surface area contributed by atoms with Crippen LogP contribution in [0.15, 0.2) is 5.38 Å². The Morgan fingerprint density at radius 2 is 2.50 bits per heavy atom. The van der Waals surface area contributed by atoms with Gasteiger partial charge in [0.2, 0.25) is 0 Å². The lowest BCUT2D eigenvalue weighted by atomic mass is 10.2. The molecule has 0 aliphatic heterocycles. The quantitative estimate of drug-likeness (QED) is 0.702. The smallest absolute Gasteiger partial charge is 0.0708 e. The van der Waals surface area contributed by atoms with Crippen LogP contribution in [0.3, 0.4) is 0 Å². The number of rotatable bonds is 2. The lowest BCUT2D eigenvalue weighted by molar-refractivity contribution is 0.281. The van der Waals surface area contributed by atoms with Crippen molar-refractivity contribution < 1.29 is 5.11 Å². The topological polar surface area (TPSA) is 33.1 Å². The Bertz CT molecular complexity index is 229. The van der Waals surface area contributed by atoms with E-state index < -0.39 is 0 Å². The van der Waals surface area contributed by atoms with Crippen LogP contribution in [0.1, 0.15) is 30.0 Å². The summed E-state index contributed by atoms with van der Waals surface area (Å²) in [6, 6.07) is 0. The Morgan fingerprint density at radius 1 is 1.70 bits per heavy atom. The molecule has 2 rings (SSSR count). The van der Waals surface area contributed by atoms with E-state index in [1.54, 1.807) is 0 Å². The van der Waals surface area contributed by atoms with Crippen LogP contribution in [-0.4, -0.2) is 9.48 Å². The molecular weight excluding hydrogens is 146 g/mol. The average molecular weight is 155 g/mol. The van der Waals surface area contributed by atoms with Gasteiger partial charge in [0.25, 0.3) is 0 Å². The van der Waals surface area contributed by atoms with E-state index in [0.717, 1.165) is 11.3 Å². The first-order chi connectivity index (χ1) is 4.92. The van der Waals surface area contributed by atoms with E-state index in [4.69, 9.17) is 5.11 Å². The first-order valence-electron chi connectivity index (χ1n) is 3.46. The van der Waals surface area contributed by atoms with E-state index in [0.29, 0.717) is 5.92 Å². The molecule has 2 nitrogen and oxygen atoms in total. The number of aromatic nitrogens is 1. The summed E-state index contributed by atoms with van der Waals surface area (Å²) in [5.41, 5.74) is 2.18. The van der Waals surface area contributed by atoms with E-state index in [9.17, 15) is 0 Å². The number of hydrogen-bond donors (Lipinski definition) is 1.